The van der Waals surface area contributed by atoms with Crippen molar-refractivity contribution < 1.29 is 4.18 Å². The fourth-order valence-corrected chi connectivity index (χ4v) is 1.44. The van der Waals surface area contributed by atoms with Gasteiger partial charge in [-0.25, -0.2) is 0 Å². The molecule has 1 unspecified atom stereocenters. The van der Waals surface area contributed by atoms with E-state index >= 15 is 0 Å². The van der Waals surface area contributed by atoms with Crippen LogP contribution in [0.1, 0.15) is 39.5 Å². The van der Waals surface area contributed by atoms with E-state index in [1.807, 2.05) is 0 Å². The van der Waals surface area contributed by atoms with Crippen LogP contribution in [0.2, 0.25) is 0 Å². The van der Waals surface area contributed by atoms with E-state index in [2.05, 4.69) is 13.8 Å². The molecular weight excluding hydrogens is 176 g/mol. The fraction of sp³-hybridized carbons (Fsp3) is 1.00. The molecule has 0 heterocycles. The van der Waals surface area contributed by atoms with E-state index in [0.717, 1.165) is 12.4 Å². The van der Waals surface area contributed by atoms with E-state index in [1.54, 1.807) is 0 Å². The largest absolute Gasteiger partial charge is 0.312 e. The van der Waals surface area contributed by atoms with Crippen molar-refractivity contribution in [2.75, 3.05) is 12.4 Å². The lowest BCUT2D eigenvalue weighted by Crippen LogP contribution is -1.99. The van der Waals surface area contributed by atoms with Crippen molar-refractivity contribution in [2.24, 2.45) is 0 Å². The van der Waals surface area contributed by atoms with Gasteiger partial charge in [0, 0.05) is 15.5 Å². The normalized spacial score (nSPS) is 13.3. The van der Waals surface area contributed by atoms with E-state index in [-0.39, 0.29) is 9.74 Å². The number of hydrogen-bond donors (Lipinski definition) is 0. The molecule has 0 fully saturated rings. The molecule has 0 aliphatic heterocycles. The number of hydrogen-bond acceptors (Lipinski definition) is 2. The van der Waals surface area contributed by atoms with Crippen LogP contribution in [0.25, 0.3) is 0 Å². The summed E-state index contributed by atoms with van der Waals surface area (Å²) in [7, 11) is -0.199. The first-order valence-electron chi connectivity index (χ1n) is 4.32. The van der Waals surface area contributed by atoms with Crippen LogP contribution in [0.5, 0.6) is 0 Å². The van der Waals surface area contributed by atoms with Gasteiger partial charge in [0.1, 0.15) is 0 Å². The molecule has 0 aromatic rings. The van der Waals surface area contributed by atoms with Gasteiger partial charge in [0.15, 0.2) is 0 Å². The highest BCUT2D eigenvalue weighted by atomic mass is 32.8. The highest BCUT2D eigenvalue weighted by Gasteiger charge is 1.91. The quantitative estimate of drug-likeness (QED) is 0.576. The maximum absolute atomic E-state index is 5.38. The Kier molecular flexibility index (Phi) is 9.04. The van der Waals surface area contributed by atoms with E-state index in [1.165, 1.54) is 25.7 Å². The second kappa shape index (κ2) is 8.62. The van der Waals surface area contributed by atoms with Crippen LogP contribution in [-0.2, 0) is 25.1 Å². The van der Waals surface area contributed by atoms with Crippen LogP contribution in [0.15, 0.2) is 0 Å². The number of unbranched alkanes of at least 4 members (excludes halogenated alkanes) is 3. The lowest BCUT2D eigenvalue weighted by Gasteiger charge is -2.02. The molecule has 11 heavy (non-hydrogen) atoms. The maximum Gasteiger partial charge on any atom is 0.0617 e. The van der Waals surface area contributed by atoms with Gasteiger partial charge in [-0.15, -0.1) is 0 Å². The van der Waals surface area contributed by atoms with Gasteiger partial charge >= 0.3 is 0 Å². The predicted octanol–water partition coefficient (Wildman–Crippen LogP) is 2.60. The van der Waals surface area contributed by atoms with Crippen LogP contribution >= 0.6 is 0 Å². The Morgan fingerprint density at radius 3 is 2.45 bits per heavy atom. The molecule has 0 saturated carbocycles. The maximum atomic E-state index is 5.38. The van der Waals surface area contributed by atoms with E-state index < -0.39 is 0 Å². The molecule has 0 aromatic heterocycles. The topological polar surface area (TPSA) is 9.23 Å². The predicted molar refractivity (Wildman–Crippen MR) is 55.4 cm³/mol. The lowest BCUT2D eigenvalue weighted by atomic mass is 10.2. The van der Waals surface area contributed by atoms with Gasteiger partial charge in [0.25, 0.3) is 0 Å². The smallest absolute Gasteiger partial charge is 0.0617 e. The Bertz CT molecular complexity index is 104. The summed E-state index contributed by atoms with van der Waals surface area (Å²) in [6.45, 7) is 5.15. The molecule has 0 amide bonds. The van der Waals surface area contributed by atoms with E-state index in [9.17, 15) is 0 Å². The molecule has 0 aliphatic carbocycles. The minimum atomic E-state index is -0.199. The SMILES string of the molecule is CCCCCCOS(=S)CC. The highest BCUT2D eigenvalue weighted by Crippen LogP contribution is 1.99. The Morgan fingerprint density at radius 2 is 1.91 bits per heavy atom. The van der Waals surface area contributed by atoms with Crippen molar-refractivity contribution in [3.05, 3.63) is 0 Å². The molecule has 1 atom stereocenters. The minimum absolute atomic E-state index is 0.199. The number of rotatable bonds is 7. The first-order chi connectivity index (χ1) is 5.31. The molecule has 0 aromatic carbocycles. The summed E-state index contributed by atoms with van der Waals surface area (Å²) in [5.74, 6) is 0.975. The highest BCUT2D eigenvalue weighted by molar-refractivity contribution is 8.26. The van der Waals surface area contributed by atoms with Gasteiger partial charge in [0.05, 0.1) is 6.61 Å². The summed E-state index contributed by atoms with van der Waals surface area (Å²) >= 11 is 5.02. The first-order valence-corrected chi connectivity index (χ1v) is 6.57. The van der Waals surface area contributed by atoms with Crippen molar-refractivity contribution in [1.29, 1.82) is 0 Å². The zero-order valence-corrected chi connectivity index (χ0v) is 9.10. The minimum Gasteiger partial charge on any atom is -0.312 e. The van der Waals surface area contributed by atoms with Gasteiger partial charge in [-0.05, 0) is 17.6 Å². The van der Waals surface area contributed by atoms with Crippen molar-refractivity contribution in [3.63, 3.8) is 0 Å². The molecule has 0 bridgehead atoms. The van der Waals surface area contributed by atoms with Gasteiger partial charge < -0.3 is 4.18 Å². The summed E-state index contributed by atoms with van der Waals surface area (Å²) in [5, 5.41) is 0. The van der Waals surface area contributed by atoms with Crippen LogP contribution in [-0.4, -0.2) is 12.4 Å². The fourth-order valence-electron chi connectivity index (χ4n) is 0.764. The average molecular weight is 194 g/mol. The average Bonchev–Trinajstić information content (AvgIpc) is 2.04. The molecule has 0 spiro atoms. The van der Waals surface area contributed by atoms with Crippen LogP contribution in [0, 0.1) is 0 Å². The third kappa shape index (κ3) is 8.44. The van der Waals surface area contributed by atoms with E-state index in [0.29, 0.717) is 0 Å². The standard InChI is InChI=1S/C8H18OS2/c1-3-5-6-7-8-9-11(10)4-2/h3-8H2,1-2H3. The van der Waals surface area contributed by atoms with Crippen molar-refractivity contribution >= 4 is 20.9 Å². The molecule has 0 rings (SSSR count). The molecule has 0 N–H and O–H groups in total. The summed E-state index contributed by atoms with van der Waals surface area (Å²) in [6.07, 6.45) is 5.06. The van der Waals surface area contributed by atoms with Gasteiger partial charge in [-0.1, -0.05) is 33.1 Å². The van der Waals surface area contributed by atoms with Crippen LogP contribution in [0.4, 0.5) is 0 Å². The second-order valence-electron chi connectivity index (χ2n) is 2.48. The van der Waals surface area contributed by atoms with Crippen molar-refractivity contribution in [1.82, 2.24) is 0 Å². The molecular formula is C8H18OS2. The molecule has 0 saturated heterocycles. The van der Waals surface area contributed by atoms with Crippen molar-refractivity contribution in [2.45, 2.75) is 39.5 Å². The summed E-state index contributed by atoms with van der Waals surface area (Å²) < 4.78 is 5.38. The van der Waals surface area contributed by atoms with Crippen molar-refractivity contribution in [3.8, 4) is 0 Å². The Morgan fingerprint density at radius 1 is 1.18 bits per heavy atom. The Balaban J connectivity index is 2.95. The van der Waals surface area contributed by atoms with E-state index in [4.69, 9.17) is 15.4 Å². The third-order valence-electron chi connectivity index (χ3n) is 1.45. The Labute approximate surface area is 77.3 Å². The van der Waals surface area contributed by atoms with Crippen LogP contribution in [0.3, 0.4) is 0 Å². The molecule has 0 aliphatic rings. The molecule has 68 valence electrons. The zero-order valence-electron chi connectivity index (χ0n) is 7.47. The third-order valence-corrected chi connectivity index (χ3v) is 3.35. The first kappa shape index (κ1) is 11.5. The Hall–Kier alpha value is 0.530. The van der Waals surface area contributed by atoms with Gasteiger partial charge in [-0.3, -0.25) is 0 Å². The van der Waals surface area contributed by atoms with Gasteiger partial charge in [0.2, 0.25) is 0 Å². The summed E-state index contributed by atoms with van der Waals surface area (Å²) in [5.41, 5.74) is 0. The van der Waals surface area contributed by atoms with Gasteiger partial charge in [-0.2, -0.15) is 0 Å². The molecule has 1 nitrogen and oxygen atoms in total. The molecule has 3 heteroatoms. The zero-order chi connectivity index (χ0) is 8.53. The monoisotopic (exact) mass is 194 g/mol. The summed E-state index contributed by atoms with van der Waals surface area (Å²) in [6, 6.07) is 0. The second-order valence-corrected chi connectivity index (χ2v) is 5.01. The summed E-state index contributed by atoms with van der Waals surface area (Å²) in [4.78, 5) is 0. The molecule has 0 radical (unpaired) electrons. The lowest BCUT2D eigenvalue weighted by molar-refractivity contribution is 0.352. The van der Waals surface area contributed by atoms with Crippen LogP contribution < -0.4 is 0 Å².